The average molecular weight is 330 g/mol. The van der Waals surface area contributed by atoms with Gasteiger partial charge in [0.25, 0.3) is 5.91 Å². The molecule has 5 nitrogen and oxygen atoms in total. The fraction of sp³-hybridized carbons (Fsp3) is 0.176. The summed E-state index contributed by atoms with van der Waals surface area (Å²) in [7, 11) is 3.06. The number of para-hydroxylation sites is 1. The van der Waals surface area contributed by atoms with Crippen molar-refractivity contribution in [3.63, 3.8) is 0 Å². The van der Waals surface area contributed by atoms with Crippen LogP contribution in [-0.2, 0) is 0 Å². The van der Waals surface area contributed by atoms with Crippen molar-refractivity contribution in [1.82, 2.24) is 5.32 Å². The van der Waals surface area contributed by atoms with Crippen molar-refractivity contribution in [2.24, 2.45) is 0 Å². The average Bonchev–Trinajstić information content (AvgIpc) is 2.56. The Morgan fingerprint density at radius 1 is 1.04 bits per heavy atom. The highest BCUT2D eigenvalue weighted by atomic mass is 32.1. The first kappa shape index (κ1) is 16.8. The van der Waals surface area contributed by atoms with Gasteiger partial charge in [0.05, 0.1) is 14.2 Å². The minimum atomic E-state index is -0.322. The molecule has 0 unspecified atom stereocenters. The summed E-state index contributed by atoms with van der Waals surface area (Å²) >= 11 is 5.18. The van der Waals surface area contributed by atoms with Crippen LogP contribution in [-0.4, -0.2) is 25.2 Å². The van der Waals surface area contributed by atoms with E-state index in [1.807, 2.05) is 31.2 Å². The molecule has 120 valence electrons. The highest BCUT2D eigenvalue weighted by molar-refractivity contribution is 7.80. The molecule has 2 aromatic carbocycles. The van der Waals surface area contributed by atoms with Crippen LogP contribution in [0.5, 0.6) is 11.5 Å². The second-order valence-electron chi connectivity index (χ2n) is 4.79. The minimum absolute atomic E-state index is 0.235. The summed E-state index contributed by atoms with van der Waals surface area (Å²) < 4.78 is 10.3. The third-order valence-corrected chi connectivity index (χ3v) is 3.47. The summed E-state index contributed by atoms with van der Waals surface area (Å²) in [6.07, 6.45) is 0. The van der Waals surface area contributed by atoms with Crippen LogP contribution >= 0.6 is 12.2 Å². The number of ether oxygens (including phenoxy) is 2. The second kappa shape index (κ2) is 7.60. The number of rotatable bonds is 4. The zero-order valence-electron chi connectivity index (χ0n) is 13.2. The van der Waals surface area contributed by atoms with Crippen molar-refractivity contribution < 1.29 is 14.3 Å². The predicted octanol–water partition coefficient (Wildman–Crippen LogP) is 3.14. The molecule has 0 aromatic heterocycles. The molecule has 0 heterocycles. The molecule has 0 radical (unpaired) electrons. The Bertz CT molecular complexity index is 732. The number of carbonyl (C=O) groups excluding carboxylic acids is 1. The third-order valence-electron chi connectivity index (χ3n) is 3.27. The van der Waals surface area contributed by atoms with Gasteiger partial charge in [-0.1, -0.05) is 18.2 Å². The molecule has 0 saturated carbocycles. The molecular weight excluding hydrogens is 312 g/mol. The summed E-state index contributed by atoms with van der Waals surface area (Å²) in [5.41, 5.74) is 2.32. The van der Waals surface area contributed by atoms with Crippen LogP contribution in [0.25, 0.3) is 0 Å². The number of hydrogen-bond acceptors (Lipinski definition) is 4. The van der Waals surface area contributed by atoms with E-state index in [9.17, 15) is 4.79 Å². The minimum Gasteiger partial charge on any atom is -0.493 e. The highest BCUT2D eigenvalue weighted by Gasteiger charge is 2.12. The number of nitrogens with one attached hydrogen (secondary N) is 2. The molecule has 2 rings (SSSR count). The molecule has 0 atom stereocenters. The SMILES string of the molecule is COc1ccc(C(=O)NC(=S)Nc2ccccc2C)cc1OC. The van der Waals surface area contributed by atoms with Gasteiger partial charge in [-0.05, 0) is 49.0 Å². The Morgan fingerprint density at radius 3 is 2.39 bits per heavy atom. The predicted molar refractivity (Wildman–Crippen MR) is 94.4 cm³/mol. The van der Waals surface area contributed by atoms with Crippen molar-refractivity contribution in [1.29, 1.82) is 0 Å². The van der Waals surface area contributed by atoms with E-state index < -0.39 is 0 Å². The fourth-order valence-corrected chi connectivity index (χ4v) is 2.22. The molecule has 23 heavy (non-hydrogen) atoms. The second-order valence-corrected chi connectivity index (χ2v) is 5.20. The van der Waals surface area contributed by atoms with Gasteiger partial charge >= 0.3 is 0 Å². The maximum absolute atomic E-state index is 12.3. The van der Waals surface area contributed by atoms with Crippen LogP contribution in [0.1, 0.15) is 15.9 Å². The lowest BCUT2D eigenvalue weighted by Gasteiger charge is -2.12. The standard InChI is InChI=1S/C17H18N2O3S/c1-11-6-4-5-7-13(11)18-17(23)19-16(20)12-8-9-14(21-2)15(10-12)22-3/h4-10H,1-3H3,(H2,18,19,20,23). The van der Waals surface area contributed by atoms with Gasteiger partial charge in [0.1, 0.15) is 0 Å². The maximum atomic E-state index is 12.3. The molecule has 2 aromatic rings. The summed E-state index contributed by atoms with van der Waals surface area (Å²) in [4.78, 5) is 12.3. The van der Waals surface area contributed by atoms with Gasteiger partial charge in [0.15, 0.2) is 16.6 Å². The van der Waals surface area contributed by atoms with Crippen LogP contribution in [0.15, 0.2) is 42.5 Å². The van der Waals surface area contributed by atoms with Crippen molar-refractivity contribution in [3.8, 4) is 11.5 Å². The molecule has 0 aliphatic heterocycles. The van der Waals surface area contributed by atoms with Gasteiger partial charge in [-0.15, -0.1) is 0 Å². The summed E-state index contributed by atoms with van der Waals surface area (Å²) in [6, 6.07) is 12.6. The highest BCUT2D eigenvalue weighted by Crippen LogP contribution is 2.27. The Kier molecular flexibility index (Phi) is 5.54. The molecule has 0 fully saturated rings. The zero-order valence-corrected chi connectivity index (χ0v) is 14.0. The van der Waals surface area contributed by atoms with E-state index in [1.54, 1.807) is 25.3 Å². The van der Waals surface area contributed by atoms with E-state index in [2.05, 4.69) is 10.6 Å². The lowest BCUT2D eigenvalue weighted by Crippen LogP contribution is -2.34. The van der Waals surface area contributed by atoms with E-state index in [4.69, 9.17) is 21.7 Å². The van der Waals surface area contributed by atoms with Gasteiger partial charge in [0.2, 0.25) is 0 Å². The van der Waals surface area contributed by atoms with Gasteiger partial charge in [-0.2, -0.15) is 0 Å². The Labute approximate surface area is 140 Å². The zero-order chi connectivity index (χ0) is 16.8. The van der Waals surface area contributed by atoms with Crippen LogP contribution in [0.3, 0.4) is 0 Å². The number of methoxy groups -OCH3 is 2. The van der Waals surface area contributed by atoms with E-state index in [0.717, 1.165) is 11.3 Å². The number of anilines is 1. The van der Waals surface area contributed by atoms with Crippen molar-refractivity contribution in [2.45, 2.75) is 6.92 Å². The topological polar surface area (TPSA) is 59.6 Å². The summed E-state index contributed by atoms with van der Waals surface area (Å²) in [5, 5.41) is 5.89. The molecule has 0 spiro atoms. The number of carbonyl (C=O) groups is 1. The molecule has 6 heteroatoms. The van der Waals surface area contributed by atoms with Crippen molar-refractivity contribution in [2.75, 3.05) is 19.5 Å². The van der Waals surface area contributed by atoms with Crippen molar-refractivity contribution in [3.05, 3.63) is 53.6 Å². The Morgan fingerprint density at radius 2 is 1.74 bits per heavy atom. The molecular formula is C17H18N2O3S. The lowest BCUT2D eigenvalue weighted by atomic mass is 10.2. The molecule has 0 bridgehead atoms. The van der Waals surface area contributed by atoms with Crippen LogP contribution in [0.2, 0.25) is 0 Å². The largest absolute Gasteiger partial charge is 0.493 e. The fourth-order valence-electron chi connectivity index (χ4n) is 2.02. The normalized spacial score (nSPS) is 9.87. The quantitative estimate of drug-likeness (QED) is 0.844. The monoisotopic (exact) mass is 330 g/mol. The molecule has 0 aliphatic rings. The Hall–Kier alpha value is -2.60. The summed E-state index contributed by atoms with van der Waals surface area (Å²) in [6.45, 7) is 1.96. The number of thiocarbonyl (C=S) groups is 1. The summed E-state index contributed by atoms with van der Waals surface area (Å²) in [5.74, 6) is 0.722. The third kappa shape index (κ3) is 4.20. The van der Waals surface area contributed by atoms with E-state index in [0.29, 0.717) is 17.1 Å². The van der Waals surface area contributed by atoms with Crippen LogP contribution in [0, 0.1) is 6.92 Å². The van der Waals surface area contributed by atoms with Crippen molar-refractivity contribution >= 4 is 28.9 Å². The van der Waals surface area contributed by atoms with E-state index >= 15 is 0 Å². The first-order valence-electron chi connectivity index (χ1n) is 6.95. The number of aryl methyl sites for hydroxylation is 1. The van der Waals surface area contributed by atoms with Crippen LogP contribution < -0.4 is 20.1 Å². The van der Waals surface area contributed by atoms with Gasteiger partial charge in [-0.25, -0.2) is 0 Å². The molecule has 0 saturated heterocycles. The number of amides is 1. The lowest BCUT2D eigenvalue weighted by molar-refractivity contribution is 0.0977. The van der Waals surface area contributed by atoms with Gasteiger partial charge in [-0.3, -0.25) is 10.1 Å². The number of hydrogen-bond donors (Lipinski definition) is 2. The number of benzene rings is 2. The smallest absolute Gasteiger partial charge is 0.257 e. The van der Waals surface area contributed by atoms with Gasteiger partial charge < -0.3 is 14.8 Å². The first-order chi connectivity index (χ1) is 11.0. The molecule has 2 N–H and O–H groups in total. The maximum Gasteiger partial charge on any atom is 0.257 e. The first-order valence-corrected chi connectivity index (χ1v) is 7.36. The van der Waals surface area contributed by atoms with Gasteiger partial charge in [0, 0.05) is 11.3 Å². The Balaban J connectivity index is 2.07. The van der Waals surface area contributed by atoms with E-state index in [-0.39, 0.29) is 11.0 Å². The van der Waals surface area contributed by atoms with E-state index in [1.165, 1.54) is 7.11 Å². The van der Waals surface area contributed by atoms with Crippen LogP contribution in [0.4, 0.5) is 5.69 Å². The molecule has 1 amide bonds. The molecule has 0 aliphatic carbocycles.